The Morgan fingerprint density at radius 1 is 1.42 bits per heavy atom. The van der Waals surface area contributed by atoms with Crippen molar-refractivity contribution >= 4 is 17.5 Å². The second-order valence-corrected chi connectivity index (χ2v) is 4.64. The molecule has 0 bridgehead atoms. The van der Waals surface area contributed by atoms with Crippen LogP contribution in [0, 0.1) is 6.92 Å². The zero-order valence-electron chi connectivity index (χ0n) is 10.6. The zero-order chi connectivity index (χ0) is 13.7. The first-order valence-electron chi connectivity index (χ1n) is 6.06. The molecule has 0 radical (unpaired) electrons. The number of amides is 1. The van der Waals surface area contributed by atoms with Crippen LogP contribution in [0.1, 0.15) is 17.2 Å². The van der Waals surface area contributed by atoms with Crippen LogP contribution in [0.25, 0.3) is 0 Å². The molecular weight excluding hydrogens is 264 g/mol. The number of aryl methyl sites for hydroxylation is 1. The lowest BCUT2D eigenvalue weighted by molar-refractivity contribution is -0.120. The van der Waals surface area contributed by atoms with E-state index in [9.17, 15) is 4.79 Å². The number of carbonyl (C=O) groups is 1. The molecule has 0 aliphatic heterocycles. The standard InChI is InChI=1S/C14H15ClN2O2/c1-10-9-17-14(19-10)6-7-16-13(18)8-11-4-2-3-5-12(11)15/h2-5,9H,6-8H2,1H3,(H,16,18). The van der Waals surface area contributed by atoms with Gasteiger partial charge in [0.15, 0.2) is 5.89 Å². The predicted octanol–water partition coefficient (Wildman–Crippen LogP) is 2.54. The molecule has 2 aromatic rings. The van der Waals surface area contributed by atoms with Crippen LogP contribution in [0.3, 0.4) is 0 Å². The quantitative estimate of drug-likeness (QED) is 0.914. The molecule has 0 saturated heterocycles. The minimum absolute atomic E-state index is 0.0589. The van der Waals surface area contributed by atoms with Gasteiger partial charge in [0.25, 0.3) is 0 Å². The zero-order valence-corrected chi connectivity index (χ0v) is 11.4. The summed E-state index contributed by atoms with van der Waals surface area (Å²) in [5.74, 6) is 1.35. The molecule has 0 fully saturated rings. The molecular formula is C14H15ClN2O2. The average molecular weight is 279 g/mol. The number of carbonyl (C=O) groups excluding carboxylic acids is 1. The number of aromatic nitrogens is 1. The van der Waals surface area contributed by atoms with Crippen molar-refractivity contribution in [2.45, 2.75) is 19.8 Å². The van der Waals surface area contributed by atoms with Gasteiger partial charge in [0, 0.05) is 18.0 Å². The number of oxazole rings is 1. The SMILES string of the molecule is Cc1cnc(CCNC(=O)Cc2ccccc2Cl)o1. The van der Waals surface area contributed by atoms with Crippen LogP contribution in [0.5, 0.6) is 0 Å². The van der Waals surface area contributed by atoms with Crippen molar-refractivity contribution in [2.24, 2.45) is 0 Å². The summed E-state index contributed by atoms with van der Waals surface area (Å²) in [5.41, 5.74) is 0.827. The Morgan fingerprint density at radius 3 is 2.89 bits per heavy atom. The van der Waals surface area contributed by atoms with E-state index >= 15 is 0 Å². The maximum Gasteiger partial charge on any atom is 0.224 e. The van der Waals surface area contributed by atoms with Crippen LogP contribution >= 0.6 is 11.6 Å². The average Bonchev–Trinajstić information content (AvgIpc) is 2.78. The van der Waals surface area contributed by atoms with E-state index in [4.69, 9.17) is 16.0 Å². The molecule has 0 aliphatic rings. The summed E-state index contributed by atoms with van der Waals surface area (Å²) >= 11 is 6.00. The molecule has 0 spiro atoms. The summed E-state index contributed by atoms with van der Waals surface area (Å²) in [6.07, 6.45) is 2.54. The van der Waals surface area contributed by atoms with Crippen molar-refractivity contribution in [2.75, 3.05) is 6.54 Å². The number of nitrogens with zero attached hydrogens (tertiary/aromatic N) is 1. The maximum absolute atomic E-state index is 11.7. The Balaban J connectivity index is 1.77. The van der Waals surface area contributed by atoms with Gasteiger partial charge in [0.05, 0.1) is 12.6 Å². The van der Waals surface area contributed by atoms with Crippen molar-refractivity contribution < 1.29 is 9.21 Å². The van der Waals surface area contributed by atoms with E-state index in [1.165, 1.54) is 0 Å². The van der Waals surface area contributed by atoms with Gasteiger partial charge in [0.1, 0.15) is 5.76 Å². The number of rotatable bonds is 5. The molecule has 1 amide bonds. The highest BCUT2D eigenvalue weighted by molar-refractivity contribution is 6.31. The largest absolute Gasteiger partial charge is 0.446 e. The van der Waals surface area contributed by atoms with Gasteiger partial charge < -0.3 is 9.73 Å². The second kappa shape index (κ2) is 6.38. The van der Waals surface area contributed by atoms with Crippen LogP contribution in [-0.2, 0) is 17.6 Å². The smallest absolute Gasteiger partial charge is 0.224 e. The van der Waals surface area contributed by atoms with Crippen LogP contribution < -0.4 is 5.32 Å². The number of benzene rings is 1. The molecule has 4 nitrogen and oxygen atoms in total. The molecule has 1 aromatic carbocycles. The third-order valence-corrected chi connectivity index (χ3v) is 3.01. The third kappa shape index (κ3) is 4.10. The lowest BCUT2D eigenvalue weighted by Crippen LogP contribution is -2.27. The highest BCUT2D eigenvalue weighted by Crippen LogP contribution is 2.15. The minimum Gasteiger partial charge on any atom is -0.446 e. The molecule has 1 N–H and O–H groups in total. The summed E-state index contributed by atoms with van der Waals surface area (Å²) in [6, 6.07) is 7.33. The second-order valence-electron chi connectivity index (χ2n) is 4.23. The maximum atomic E-state index is 11.7. The van der Waals surface area contributed by atoms with Gasteiger partial charge in [-0.2, -0.15) is 0 Å². The first-order valence-corrected chi connectivity index (χ1v) is 6.44. The molecule has 100 valence electrons. The van der Waals surface area contributed by atoms with E-state index in [0.717, 1.165) is 11.3 Å². The summed E-state index contributed by atoms with van der Waals surface area (Å²) in [7, 11) is 0. The first-order chi connectivity index (χ1) is 9.15. The van der Waals surface area contributed by atoms with E-state index in [-0.39, 0.29) is 12.3 Å². The normalized spacial score (nSPS) is 10.4. The summed E-state index contributed by atoms with van der Waals surface area (Å²) in [4.78, 5) is 15.8. The first kappa shape index (κ1) is 13.6. The van der Waals surface area contributed by atoms with E-state index in [1.54, 1.807) is 12.3 Å². The molecule has 0 atom stereocenters. The molecule has 5 heteroatoms. The Bertz CT molecular complexity index is 566. The Labute approximate surface area is 116 Å². The Morgan fingerprint density at radius 2 is 2.21 bits per heavy atom. The van der Waals surface area contributed by atoms with Gasteiger partial charge in [-0.05, 0) is 18.6 Å². The molecule has 1 aromatic heterocycles. The fourth-order valence-electron chi connectivity index (χ4n) is 1.70. The van der Waals surface area contributed by atoms with Gasteiger partial charge in [-0.3, -0.25) is 4.79 Å². The van der Waals surface area contributed by atoms with Crippen molar-refractivity contribution in [3.05, 3.63) is 52.7 Å². The van der Waals surface area contributed by atoms with Crippen LogP contribution in [0.2, 0.25) is 5.02 Å². The van der Waals surface area contributed by atoms with Gasteiger partial charge >= 0.3 is 0 Å². The molecule has 0 saturated carbocycles. The van der Waals surface area contributed by atoms with Crippen molar-refractivity contribution in [1.29, 1.82) is 0 Å². The van der Waals surface area contributed by atoms with Crippen LogP contribution in [0.4, 0.5) is 0 Å². The van der Waals surface area contributed by atoms with Crippen molar-refractivity contribution in [3.8, 4) is 0 Å². The minimum atomic E-state index is -0.0589. The molecule has 0 aliphatic carbocycles. The lowest BCUT2D eigenvalue weighted by Gasteiger charge is -2.05. The van der Waals surface area contributed by atoms with Crippen molar-refractivity contribution in [1.82, 2.24) is 10.3 Å². The van der Waals surface area contributed by atoms with E-state index in [2.05, 4.69) is 10.3 Å². The van der Waals surface area contributed by atoms with Gasteiger partial charge in [0.2, 0.25) is 5.91 Å². The van der Waals surface area contributed by atoms with Gasteiger partial charge in [-0.25, -0.2) is 4.98 Å². The molecule has 1 heterocycles. The van der Waals surface area contributed by atoms with Gasteiger partial charge in [-0.15, -0.1) is 0 Å². The predicted molar refractivity (Wildman–Crippen MR) is 73.1 cm³/mol. The highest BCUT2D eigenvalue weighted by Gasteiger charge is 2.07. The van der Waals surface area contributed by atoms with E-state index < -0.39 is 0 Å². The fourth-order valence-corrected chi connectivity index (χ4v) is 1.91. The summed E-state index contributed by atoms with van der Waals surface area (Å²) in [6.45, 7) is 2.34. The Hall–Kier alpha value is -1.81. The third-order valence-electron chi connectivity index (χ3n) is 2.64. The number of halogens is 1. The number of nitrogens with one attached hydrogen (secondary N) is 1. The van der Waals surface area contributed by atoms with E-state index in [0.29, 0.717) is 23.9 Å². The van der Waals surface area contributed by atoms with Crippen LogP contribution in [-0.4, -0.2) is 17.4 Å². The topological polar surface area (TPSA) is 55.1 Å². The van der Waals surface area contributed by atoms with Crippen molar-refractivity contribution in [3.63, 3.8) is 0 Å². The van der Waals surface area contributed by atoms with Crippen LogP contribution in [0.15, 0.2) is 34.9 Å². The molecule has 0 unspecified atom stereocenters. The highest BCUT2D eigenvalue weighted by atomic mass is 35.5. The number of hydrogen-bond donors (Lipinski definition) is 1. The molecule has 2 rings (SSSR count). The fraction of sp³-hybridized carbons (Fsp3) is 0.286. The van der Waals surface area contributed by atoms with E-state index in [1.807, 2.05) is 25.1 Å². The Kier molecular flexibility index (Phi) is 4.58. The number of hydrogen-bond acceptors (Lipinski definition) is 3. The summed E-state index contributed by atoms with van der Waals surface area (Å²) in [5, 5.41) is 3.43. The monoisotopic (exact) mass is 278 g/mol. The van der Waals surface area contributed by atoms with Gasteiger partial charge in [-0.1, -0.05) is 29.8 Å². The lowest BCUT2D eigenvalue weighted by atomic mass is 10.1. The molecule has 19 heavy (non-hydrogen) atoms. The summed E-state index contributed by atoms with van der Waals surface area (Å²) < 4.78 is 5.32.